The highest BCUT2D eigenvalue weighted by molar-refractivity contribution is 5.98. The van der Waals surface area contributed by atoms with Gasteiger partial charge in [0.15, 0.2) is 0 Å². The number of rotatable bonds is 4. The summed E-state index contributed by atoms with van der Waals surface area (Å²) in [5.74, 6) is -0.345. The van der Waals surface area contributed by atoms with Crippen LogP contribution in [-0.4, -0.2) is 34.4 Å². The Bertz CT molecular complexity index is 970. The molecule has 0 aliphatic carbocycles. The van der Waals surface area contributed by atoms with Crippen molar-refractivity contribution in [1.29, 1.82) is 0 Å². The lowest BCUT2D eigenvalue weighted by molar-refractivity contribution is -0.123. The second kappa shape index (κ2) is 7.27. The van der Waals surface area contributed by atoms with Crippen molar-refractivity contribution in [3.8, 4) is 0 Å². The minimum Gasteiger partial charge on any atom is -0.369 e. The number of nitrogens with zero attached hydrogens (tertiary/aromatic N) is 2. The fourth-order valence-electron chi connectivity index (χ4n) is 3.80. The highest BCUT2D eigenvalue weighted by Gasteiger charge is 2.26. The minimum absolute atomic E-state index is 0.0237. The Morgan fingerprint density at radius 2 is 1.74 bits per heavy atom. The summed E-state index contributed by atoms with van der Waals surface area (Å²) in [5.41, 5.74) is 8.42. The van der Waals surface area contributed by atoms with Crippen LogP contribution in [0.5, 0.6) is 0 Å². The molecule has 0 spiro atoms. The average Bonchev–Trinajstić information content (AvgIpc) is 3.10. The van der Waals surface area contributed by atoms with Crippen LogP contribution in [0.4, 0.5) is 0 Å². The highest BCUT2D eigenvalue weighted by atomic mass is 16.2. The summed E-state index contributed by atoms with van der Waals surface area (Å²) < 4.78 is 2.19. The molecule has 1 aromatic heterocycles. The molecule has 0 saturated carbocycles. The van der Waals surface area contributed by atoms with Gasteiger partial charge in [-0.05, 0) is 42.7 Å². The molecule has 3 aromatic rings. The molecule has 27 heavy (non-hydrogen) atoms. The molecule has 4 rings (SSSR count). The summed E-state index contributed by atoms with van der Waals surface area (Å²) >= 11 is 0. The fourth-order valence-corrected chi connectivity index (χ4v) is 3.80. The predicted molar refractivity (Wildman–Crippen MR) is 105 cm³/mol. The number of benzene rings is 2. The van der Waals surface area contributed by atoms with Crippen molar-refractivity contribution < 1.29 is 9.59 Å². The smallest absolute Gasteiger partial charge is 0.253 e. The summed E-state index contributed by atoms with van der Waals surface area (Å²) in [6, 6.07) is 18.2. The standard InChI is InChI=1S/C22H23N3O2/c23-21(26)17-8-11-24(12-9-17)22(27)19-6-7-20-18(14-19)10-13-25(20)15-16-4-2-1-3-5-16/h1-7,10,13-14,17H,8-9,11-12,15H2,(H2,23,26). The van der Waals surface area contributed by atoms with Crippen LogP contribution in [0.1, 0.15) is 28.8 Å². The van der Waals surface area contributed by atoms with Crippen molar-refractivity contribution in [2.45, 2.75) is 19.4 Å². The van der Waals surface area contributed by atoms with E-state index in [0.717, 1.165) is 17.4 Å². The van der Waals surface area contributed by atoms with Crippen molar-refractivity contribution in [3.05, 3.63) is 71.9 Å². The van der Waals surface area contributed by atoms with Crippen molar-refractivity contribution in [1.82, 2.24) is 9.47 Å². The van der Waals surface area contributed by atoms with Gasteiger partial charge in [0.25, 0.3) is 5.91 Å². The number of amides is 2. The van der Waals surface area contributed by atoms with E-state index in [-0.39, 0.29) is 17.7 Å². The second-order valence-electron chi connectivity index (χ2n) is 7.17. The number of piperidine rings is 1. The van der Waals surface area contributed by atoms with Crippen LogP contribution in [0.3, 0.4) is 0 Å². The van der Waals surface area contributed by atoms with Gasteiger partial charge in [0.1, 0.15) is 0 Å². The lowest BCUT2D eigenvalue weighted by Gasteiger charge is -2.30. The average molecular weight is 361 g/mol. The van der Waals surface area contributed by atoms with E-state index in [1.807, 2.05) is 47.4 Å². The molecule has 0 bridgehead atoms. The van der Waals surface area contributed by atoms with Crippen LogP contribution < -0.4 is 5.73 Å². The Morgan fingerprint density at radius 1 is 1.00 bits per heavy atom. The van der Waals surface area contributed by atoms with E-state index in [1.165, 1.54) is 5.56 Å². The fraction of sp³-hybridized carbons (Fsp3) is 0.273. The number of hydrogen-bond acceptors (Lipinski definition) is 2. The van der Waals surface area contributed by atoms with E-state index in [0.29, 0.717) is 31.5 Å². The normalized spacial score (nSPS) is 15.2. The van der Waals surface area contributed by atoms with E-state index in [9.17, 15) is 9.59 Å². The SMILES string of the molecule is NC(=O)C1CCN(C(=O)c2ccc3c(ccn3Cc3ccccc3)c2)CC1. The van der Waals surface area contributed by atoms with Crippen LogP contribution in [0.15, 0.2) is 60.8 Å². The lowest BCUT2D eigenvalue weighted by Crippen LogP contribution is -2.41. The third kappa shape index (κ3) is 3.58. The Morgan fingerprint density at radius 3 is 2.44 bits per heavy atom. The lowest BCUT2D eigenvalue weighted by atomic mass is 9.96. The van der Waals surface area contributed by atoms with Crippen LogP contribution in [0.2, 0.25) is 0 Å². The van der Waals surface area contributed by atoms with Crippen molar-refractivity contribution in [3.63, 3.8) is 0 Å². The number of primary amides is 1. The van der Waals surface area contributed by atoms with Gasteiger partial charge in [-0.1, -0.05) is 30.3 Å². The molecule has 1 aliphatic heterocycles. The molecule has 5 nitrogen and oxygen atoms in total. The molecule has 0 radical (unpaired) electrons. The zero-order valence-electron chi connectivity index (χ0n) is 15.2. The van der Waals surface area contributed by atoms with Gasteiger partial charge in [-0.3, -0.25) is 9.59 Å². The predicted octanol–water partition coefficient (Wildman–Crippen LogP) is 3.03. The topological polar surface area (TPSA) is 68.3 Å². The van der Waals surface area contributed by atoms with Gasteiger partial charge >= 0.3 is 0 Å². The molecule has 1 fully saturated rings. The number of likely N-dealkylation sites (tertiary alicyclic amines) is 1. The largest absolute Gasteiger partial charge is 0.369 e. The third-order valence-corrected chi connectivity index (χ3v) is 5.40. The summed E-state index contributed by atoms with van der Waals surface area (Å²) in [4.78, 5) is 25.9. The Labute approximate surface area is 158 Å². The number of aromatic nitrogens is 1. The van der Waals surface area contributed by atoms with Crippen LogP contribution in [-0.2, 0) is 11.3 Å². The molecule has 2 heterocycles. The number of carbonyl (C=O) groups excluding carboxylic acids is 2. The quantitative estimate of drug-likeness (QED) is 0.776. The summed E-state index contributed by atoms with van der Waals surface area (Å²) in [7, 11) is 0. The van der Waals surface area contributed by atoms with Crippen molar-refractivity contribution in [2.75, 3.05) is 13.1 Å². The molecular weight excluding hydrogens is 338 g/mol. The Balaban J connectivity index is 1.51. The molecule has 0 atom stereocenters. The second-order valence-corrected chi connectivity index (χ2v) is 7.17. The molecular formula is C22H23N3O2. The van der Waals surface area contributed by atoms with Gasteiger partial charge in [0, 0.05) is 48.2 Å². The zero-order valence-corrected chi connectivity index (χ0v) is 15.2. The first-order valence-corrected chi connectivity index (χ1v) is 9.33. The van der Waals surface area contributed by atoms with E-state index < -0.39 is 0 Å². The third-order valence-electron chi connectivity index (χ3n) is 5.40. The maximum Gasteiger partial charge on any atom is 0.253 e. The van der Waals surface area contributed by atoms with Gasteiger partial charge in [-0.2, -0.15) is 0 Å². The molecule has 5 heteroatoms. The van der Waals surface area contributed by atoms with E-state index in [4.69, 9.17) is 5.73 Å². The van der Waals surface area contributed by atoms with Gasteiger partial charge < -0.3 is 15.2 Å². The monoisotopic (exact) mass is 361 g/mol. The van der Waals surface area contributed by atoms with Gasteiger partial charge in [-0.25, -0.2) is 0 Å². The Kier molecular flexibility index (Phi) is 4.67. The number of carbonyl (C=O) groups is 2. The zero-order chi connectivity index (χ0) is 18.8. The van der Waals surface area contributed by atoms with E-state index in [1.54, 1.807) is 0 Å². The van der Waals surface area contributed by atoms with E-state index >= 15 is 0 Å². The maximum absolute atomic E-state index is 12.8. The van der Waals surface area contributed by atoms with Gasteiger partial charge in [0.2, 0.25) is 5.91 Å². The maximum atomic E-state index is 12.8. The molecule has 138 valence electrons. The minimum atomic E-state index is -0.261. The molecule has 1 aliphatic rings. The van der Waals surface area contributed by atoms with Crippen molar-refractivity contribution >= 4 is 22.7 Å². The van der Waals surface area contributed by atoms with Crippen molar-refractivity contribution in [2.24, 2.45) is 11.7 Å². The number of fused-ring (bicyclic) bond motifs is 1. The molecule has 2 amide bonds. The van der Waals surface area contributed by atoms with Crippen LogP contribution in [0.25, 0.3) is 10.9 Å². The molecule has 1 saturated heterocycles. The van der Waals surface area contributed by atoms with Gasteiger partial charge in [0.05, 0.1) is 0 Å². The van der Waals surface area contributed by atoms with E-state index in [2.05, 4.69) is 22.9 Å². The highest BCUT2D eigenvalue weighted by Crippen LogP contribution is 2.22. The summed E-state index contributed by atoms with van der Waals surface area (Å²) in [6.45, 7) is 1.97. The number of nitrogens with two attached hydrogens (primary N) is 1. The molecule has 2 aromatic carbocycles. The van der Waals surface area contributed by atoms with Gasteiger partial charge in [-0.15, -0.1) is 0 Å². The first kappa shape index (κ1) is 17.3. The van der Waals surface area contributed by atoms with Crippen LogP contribution >= 0.6 is 0 Å². The first-order valence-electron chi connectivity index (χ1n) is 9.33. The number of hydrogen-bond donors (Lipinski definition) is 1. The Hall–Kier alpha value is -3.08. The molecule has 0 unspecified atom stereocenters. The molecule has 2 N–H and O–H groups in total. The summed E-state index contributed by atoms with van der Waals surface area (Å²) in [6.07, 6.45) is 3.36. The first-order chi connectivity index (χ1) is 13.1. The van der Waals surface area contributed by atoms with Crippen LogP contribution in [0, 0.1) is 5.92 Å². The summed E-state index contributed by atoms with van der Waals surface area (Å²) in [5, 5.41) is 1.06.